The van der Waals surface area contributed by atoms with Crippen molar-refractivity contribution in [2.75, 3.05) is 5.32 Å². The van der Waals surface area contributed by atoms with Crippen molar-refractivity contribution in [1.29, 1.82) is 0 Å². The third-order valence-electron chi connectivity index (χ3n) is 6.98. The second-order valence-electron chi connectivity index (χ2n) is 9.87. The maximum absolute atomic E-state index is 14.8. The van der Waals surface area contributed by atoms with Gasteiger partial charge in [-0.1, -0.05) is 35.7 Å². The summed E-state index contributed by atoms with van der Waals surface area (Å²) in [6, 6.07) is 7.67. The fourth-order valence-electron chi connectivity index (χ4n) is 4.83. The first kappa shape index (κ1) is 26.1. The van der Waals surface area contributed by atoms with E-state index in [0.717, 1.165) is 15.7 Å². The lowest BCUT2D eigenvalue weighted by Crippen LogP contribution is -2.39. The number of carbonyl (C=O) groups is 1. The van der Waals surface area contributed by atoms with Gasteiger partial charge < -0.3 is 10.4 Å². The summed E-state index contributed by atoms with van der Waals surface area (Å²) in [5.74, 6) is -1.62. The van der Waals surface area contributed by atoms with Gasteiger partial charge in [-0.05, 0) is 51.3 Å². The van der Waals surface area contributed by atoms with Crippen LogP contribution in [0.2, 0.25) is 5.02 Å². The molecule has 0 bridgehead atoms. The standard InChI is InChI=1S/C26H25ClFN5O4S/c1-15-5-7-18(8-6-15)38(36,37)33-14-20(19-10-16(27)12-30-24(19)33)22-29-13-21(28)23(32-22)31-17-4-3-9-26(2,11-17)25(34)35/h5-8,10,12-14,17H,3-4,9,11H2,1-2H3,(H,34,35)(H,29,31,32)/t17-,26+/m0/s1. The summed E-state index contributed by atoms with van der Waals surface area (Å²) in [5.41, 5.74) is 0.417. The van der Waals surface area contributed by atoms with Gasteiger partial charge in [0.15, 0.2) is 23.1 Å². The van der Waals surface area contributed by atoms with Crippen LogP contribution < -0.4 is 5.32 Å². The van der Waals surface area contributed by atoms with Crippen molar-refractivity contribution in [2.45, 2.75) is 50.5 Å². The van der Waals surface area contributed by atoms with Crippen LogP contribution in [0.4, 0.5) is 10.2 Å². The van der Waals surface area contributed by atoms with Crippen molar-refractivity contribution in [3.05, 3.63) is 65.3 Å². The van der Waals surface area contributed by atoms with Crippen LogP contribution in [0.15, 0.2) is 53.8 Å². The van der Waals surface area contributed by atoms with E-state index in [1.807, 2.05) is 6.92 Å². The minimum Gasteiger partial charge on any atom is -0.481 e. The second-order valence-corrected chi connectivity index (χ2v) is 12.1. The molecule has 3 aromatic heterocycles. The summed E-state index contributed by atoms with van der Waals surface area (Å²) in [6.07, 6.45) is 5.89. The number of carboxylic acids is 1. The fourth-order valence-corrected chi connectivity index (χ4v) is 6.32. The highest BCUT2D eigenvalue weighted by Gasteiger charge is 2.39. The van der Waals surface area contributed by atoms with Crippen LogP contribution in [0.5, 0.6) is 0 Å². The number of aryl methyl sites for hydroxylation is 1. The van der Waals surface area contributed by atoms with Crippen molar-refractivity contribution in [1.82, 2.24) is 18.9 Å². The third kappa shape index (κ3) is 4.71. The van der Waals surface area contributed by atoms with Gasteiger partial charge in [-0.15, -0.1) is 0 Å². The normalized spacial score (nSPS) is 19.9. The van der Waals surface area contributed by atoms with Crippen LogP contribution in [0.3, 0.4) is 0 Å². The Hall–Kier alpha value is -3.57. The van der Waals surface area contributed by atoms with Gasteiger partial charge in [0.05, 0.1) is 21.5 Å². The van der Waals surface area contributed by atoms with Gasteiger partial charge >= 0.3 is 5.97 Å². The second kappa shape index (κ2) is 9.63. The first-order chi connectivity index (χ1) is 18.0. The molecule has 198 valence electrons. The lowest BCUT2D eigenvalue weighted by atomic mass is 9.73. The molecule has 1 saturated carbocycles. The molecule has 2 atom stereocenters. The van der Waals surface area contributed by atoms with E-state index in [-0.39, 0.29) is 33.2 Å². The number of anilines is 1. The molecule has 2 N–H and O–H groups in total. The van der Waals surface area contributed by atoms with E-state index in [0.29, 0.717) is 36.6 Å². The number of rotatable bonds is 6. The van der Waals surface area contributed by atoms with Crippen LogP contribution in [0.1, 0.15) is 38.2 Å². The largest absolute Gasteiger partial charge is 0.481 e. The molecule has 0 unspecified atom stereocenters. The lowest BCUT2D eigenvalue weighted by molar-refractivity contribution is -0.149. The maximum Gasteiger partial charge on any atom is 0.309 e. The average Bonchev–Trinajstić information content (AvgIpc) is 3.25. The molecule has 38 heavy (non-hydrogen) atoms. The summed E-state index contributed by atoms with van der Waals surface area (Å²) in [5, 5.41) is 13.3. The van der Waals surface area contributed by atoms with Crippen LogP contribution in [0, 0.1) is 18.2 Å². The van der Waals surface area contributed by atoms with Crippen LogP contribution in [-0.2, 0) is 14.8 Å². The number of nitrogens with zero attached hydrogens (tertiary/aromatic N) is 4. The van der Waals surface area contributed by atoms with Gasteiger partial charge in [-0.2, -0.15) is 0 Å². The van der Waals surface area contributed by atoms with Gasteiger partial charge in [-0.25, -0.2) is 31.7 Å². The zero-order valence-electron chi connectivity index (χ0n) is 20.6. The van der Waals surface area contributed by atoms with E-state index in [9.17, 15) is 22.7 Å². The molecule has 3 heterocycles. The summed E-state index contributed by atoms with van der Waals surface area (Å²) < 4.78 is 42.9. The fraction of sp³-hybridized carbons (Fsp3) is 0.308. The summed E-state index contributed by atoms with van der Waals surface area (Å²) in [6.45, 7) is 3.54. The van der Waals surface area contributed by atoms with Crippen molar-refractivity contribution in [3.63, 3.8) is 0 Å². The maximum atomic E-state index is 14.8. The van der Waals surface area contributed by atoms with Gasteiger partial charge in [-0.3, -0.25) is 4.79 Å². The molecule has 0 aliphatic heterocycles. The van der Waals surface area contributed by atoms with E-state index in [2.05, 4.69) is 20.3 Å². The lowest BCUT2D eigenvalue weighted by Gasteiger charge is -2.35. The van der Waals surface area contributed by atoms with Crippen LogP contribution in [0.25, 0.3) is 22.4 Å². The molecule has 1 aliphatic rings. The predicted molar refractivity (Wildman–Crippen MR) is 141 cm³/mol. The van der Waals surface area contributed by atoms with Crippen molar-refractivity contribution in [3.8, 4) is 11.4 Å². The van der Waals surface area contributed by atoms with Gasteiger partial charge in [0.1, 0.15) is 0 Å². The number of pyridine rings is 1. The molecule has 5 rings (SSSR count). The first-order valence-electron chi connectivity index (χ1n) is 12.0. The average molecular weight is 558 g/mol. The topological polar surface area (TPSA) is 127 Å². The van der Waals surface area contributed by atoms with E-state index in [1.165, 1.54) is 24.5 Å². The van der Waals surface area contributed by atoms with Crippen LogP contribution in [-0.4, -0.2) is 44.5 Å². The number of aliphatic carboxylic acids is 1. The SMILES string of the molecule is Cc1ccc(S(=O)(=O)n2cc(-c3ncc(F)c(N[C@H]4CCC[C@@](C)(C(=O)O)C4)n3)c3cc(Cl)cnc32)cc1. The molecule has 0 radical (unpaired) electrons. The molecule has 0 amide bonds. The minimum atomic E-state index is -4.03. The Morgan fingerprint density at radius 2 is 1.97 bits per heavy atom. The number of fused-ring (bicyclic) bond motifs is 1. The van der Waals surface area contributed by atoms with Crippen LogP contribution >= 0.6 is 11.6 Å². The highest BCUT2D eigenvalue weighted by molar-refractivity contribution is 7.90. The number of hydrogen-bond donors (Lipinski definition) is 2. The number of hydrogen-bond acceptors (Lipinski definition) is 7. The number of benzene rings is 1. The Kier molecular flexibility index (Phi) is 6.60. The Bertz CT molecular complexity index is 1660. The molecule has 4 aromatic rings. The quantitative estimate of drug-likeness (QED) is 0.328. The Labute approximate surface area is 223 Å². The summed E-state index contributed by atoms with van der Waals surface area (Å²) in [4.78, 5) is 24.6. The Balaban J connectivity index is 1.57. The smallest absolute Gasteiger partial charge is 0.309 e. The first-order valence-corrected chi connectivity index (χ1v) is 13.8. The minimum absolute atomic E-state index is 0.0672. The third-order valence-corrected chi connectivity index (χ3v) is 8.85. The molecular weight excluding hydrogens is 533 g/mol. The van der Waals surface area contributed by atoms with Gasteiger partial charge in [0, 0.05) is 29.4 Å². The van der Waals surface area contributed by atoms with Gasteiger partial charge in [0.25, 0.3) is 10.0 Å². The zero-order valence-corrected chi connectivity index (χ0v) is 22.2. The van der Waals surface area contributed by atoms with Crippen molar-refractivity contribution >= 4 is 44.4 Å². The Morgan fingerprint density at radius 1 is 1.24 bits per heavy atom. The number of nitrogens with one attached hydrogen (secondary N) is 1. The highest BCUT2D eigenvalue weighted by atomic mass is 35.5. The van der Waals surface area contributed by atoms with E-state index < -0.39 is 27.2 Å². The number of aromatic nitrogens is 4. The molecular formula is C26H25ClFN5O4S. The summed E-state index contributed by atoms with van der Waals surface area (Å²) in [7, 11) is -4.03. The number of carboxylic acid groups (broad SMARTS) is 1. The Morgan fingerprint density at radius 3 is 2.68 bits per heavy atom. The zero-order chi connectivity index (χ0) is 27.2. The molecule has 1 aliphatic carbocycles. The number of halogens is 2. The van der Waals surface area contributed by atoms with Crippen molar-refractivity contribution < 1.29 is 22.7 Å². The van der Waals surface area contributed by atoms with E-state index in [1.54, 1.807) is 25.1 Å². The van der Waals surface area contributed by atoms with Crippen molar-refractivity contribution in [2.24, 2.45) is 5.41 Å². The molecule has 0 spiro atoms. The van der Waals surface area contributed by atoms with E-state index >= 15 is 0 Å². The van der Waals surface area contributed by atoms with E-state index in [4.69, 9.17) is 11.6 Å². The molecule has 1 aromatic carbocycles. The molecule has 9 nitrogen and oxygen atoms in total. The molecule has 12 heteroatoms. The highest BCUT2D eigenvalue weighted by Crippen LogP contribution is 2.38. The molecule has 1 fully saturated rings. The monoisotopic (exact) mass is 557 g/mol. The predicted octanol–water partition coefficient (Wildman–Crippen LogP) is 5.28. The molecule has 0 saturated heterocycles. The summed E-state index contributed by atoms with van der Waals surface area (Å²) >= 11 is 6.19. The van der Waals surface area contributed by atoms with Gasteiger partial charge in [0.2, 0.25) is 0 Å².